The maximum Gasteiger partial charge on any atom is 0.180 e. The van der Waals surface area contributed by atoms with Crippen molar-refractivity contribution in [3.63, 3.8) is 0 Å². The van der Waals surface area contributed by atoms with Crippen molar-refractivity contribution in [2.24, 2.45) is 0 Å². The Morgan fingerprint density at radius 2 is 0.833 bits per heavy atom. The average Bonchev–Trinajstić information content (AvgIpc) is 3.50. The highest BCUT2D eigenvalue weighted by Crippen LogP contribution is 2.37. The van der Waals surface area contributed by atoms with Crippen LogP contribution in [-0.4, -0.2) is 12.6 Å². The van der Waals surface area contributed by atoms with E-state index in [4.69, 9.17) is 0 Å². The lowest BCUT2D eigenvalue weighted by Gasteiger charge is -2.36. The van der Waals surface area contributed by atoms with E-state index in [1.807, 2.05) is 24.3 Å². The minimum Gasteiger partial charge on any atom is -0.309 e. The summed E-state index contributed by atoms with van der Waals surface area (Å²) >= 11 is 0. The number of rotatable bonds is 6. The minimum absolute atomic E-state index is 0.564. The highest BCUT2D eigenvalue weighted by molar-refractivity contribution is 7.20. The summed E-state index contributed by atoms with van der Waals surface area (Å²) in [6.45, 7) is 0. The number of nitriles is 2. The van der Waals surface area contributed by atoms with E-state index in [-0.39, 0.29) is 0 Å². The standard InChI is InChI=1S/C44H29N3Si/c45-30-32-24-26-43(47-41-22-12-10-20-37(41)38-21-11-13-23-42(38)47)39(28-32)40-29-33(31-46)25-27-44(40)48(34-14-4-1-5-15-34,35-16-6-2-7-17-35)36-18-8-3-9-19-36/h1-29H. The van der Waals surface area contributed by atoms with Gasteiger partial charge in [-0.1, -0.05) is 133 Å². The third kappa shape index (κ3) is 4.55. The van der Waals surface area contributed by atoms with Gasteiger partial charge in [-0.15, -0.1) is 0 Å². The molecule has 0 radical (unpaired) electrons. The van der Waals surface area contributed by atoms with Gasteiger partial charge in [-0.3, -0.25) is 0 Å². The van der Waals surface area contributed by atoms with Gasteiger partial charge in [0.2, 0.25) is 0 Å². The molecular formula is C44H29N3Si. The molecule has 0 bridgehead atoms. The Hall–Kier alpha value is -6.46. The summed E-state index contributed by atoms with van der Waals surface area (Å²) in [6.07, 6.45) is 0. The molecule has 4 heteroatoms. The first-order valence-corrected chi connectivity index (χ1v) is 18.0. The van der Waals surface area contributed by atoms with E-state index < -0.39 is 8.07 Å². The topological polar surface area (TPSA) is 52.5 Å². The van der Waals surface area contributed by atoms with Gasteiger partial charge in [0.05, 0.1) is 40.0 Å². The molecule has 224 valence electrons. The maximum absolute atomic E-state index is 10.3. The average molecular weight is 628 g/mol. The second kappa shape index (κ2) is 12.0. The molecule has 0 unspecified atom stereocenters. The van der Waals surface area contributed by atoms with Crippen LogP contribution < -0.4 is 20.7 Å². The van der Waals surface area contributed by atoms with Gasteiger partial charge in [-0.2, -0.15) is 10.5 Å². The zero-order valence-electron chi connectivity index (χ0n) is 26.1. The molecule has 1 aromatic heterocycles. The molecule has 3 nitrogen and oxygen atoms in total. The van der Waals surface area contributed by atoms with Crippen LogP contribution in [0.3, 0.4) is 0 Å². The van der Waals surface area contributed by atoms with E-state index in [1.165, 1.54) is 15.6 Å². The first-order valence-electron chi connectivity index (χ1n) is 16.0. The van der Waals surface area contributed by atoms with Crippen LogP contribution in [-0.2, 0) is 0 Å². The lowest BCUT2D eigenvalue weighted by molar-refractivity contribution is 1.18. The quantitative estimate of drug-likeness (QED) is 0.141. The van der Waals surface area contributed by atoms with E-state index in [2.05, 4.69) is 168 Å². The largest absolute Gasteiger partial charge is 0.309 e. The van der Waals surface area contributed by atoms with Crippen molar-refractivity contribution in [2.75, 3.05) is 0 Å². The van der Waals surface area contributed by atoms with E-state index in [0.29, 0.717) is 11.1 Å². The summed E-state index contributed by atoms with van der Waals surface area (Å²) in [5.74, 6) is 0. The molecule has 0 atom stereocenters. The van der Waals surface area contributed by atoms with Crippen molar-refractivity contribution in [3.8, 4) is 29.0 Å². The van der Waals surface area contributed by atoms with Crippen LogP contribution in [0.4, 0.5) is 0 Å². The number of fused-ring (bicyclic) bond motifs is 3. The summed E-state index contributed by atoms with van der Waals surface area (Å²) in [4.78, 5) is 0. The highest BCUT2D eigenvalue weighted by Gasteiger charge is 2.43. The Morgan fingerprint density at radius 1 is 0.417 bits per heavy atom. The Kier molecular flexibility index (Phi) is 7.27. The maximum atomic E-state index is 10.3. The van der Waals surface area contributed by atoms with Crippen molar-refractivity contribution < 1.29 is 0 Å². The lowest BCUT2D eigenvalue weighted by atomic mass is 9.99. The normalized spacial score (nSPS) is 11.3. The molecule has 7 aromatic carbocycles. The Balaban J connectivity index is 1.55. The molecule has 0 amide bonds. The molecule has 0 fully saturated rings. The monoisotopic (exact) mass is 627 g/mol. The van der Waals surface area contributed by atoms with Crippen molar-refractivity contribution in [3.05, 3.63) is 187 Å². The Morgan fingerprint density at radius 3 is 1.31 bits per heavy atom. The van der Waals surface area contributed by atoms with E-state index in [1.54, 1.807) is 0 Å². The van der Waals surface area contributed by atoms with E-state index >= 15 is 0 Å². The predicted molar refractivity (Wildman–Crippen MR) is 199 cm³/mol. The van der Waals surface area contributed by atoms with Crippen LogP contribution in [0.25, 0.3) is 38.6 Å². The van der Waals surface area contributed by atoms with Gasteiger partial charge in [-0.05, 0) is 68.8 Å². The molecule has 0 aliphatic rings. The van der Waals surface area contributed by atoms with Gasteiger partial charge < -0.3 is 4.57 Å². The second-order valence-electron chi connectivity index (χ2n) is 11.9. The van der Waals surface area contributed by atoms with Crippen molar-refractivity contribution in [2.45, 2.75) is 0 Å². The van der Waals surface area contributed by atoms with Crippen LogP contribution in [0.1, 0.15) is 11.1 Å². The Labute approximate surface area is 280 Å². The third-order valence-electron chi connectivity index (χ3n) is 9.41. The van der Waals surface area contributed by atoms with E-state index in [0.717, 1.165) is 43.8 Å². The molecule has 8 aromatic rings. The number of aromatic nitrogens is 1. The van der Waals surface area contributed by atoms with Crippen LogP contribution in [0.15, 0.2) is 176 Å². The van der Waals surface area contributed by atoms with Crippen molar-refractivity contribution in [1.29, 1.82) is 10.5 Å². The molecule has 1 heterocycles. The third-order valence-corrected chi connectivity index (χ3v) is 14.3. The van der Waals surface area contributed by atoms with Crippen molar-refractivity contribution >= 4 is 50.6 Å². The van der Waals surface area contributed by atoms with Gasteiger partial charge >= 0.3 is 0 Å². The molecule has 0 aliphatic carbocycles. The van der Waals surface area contributed by atoms with E-state index in [9.17, 15) is 10.5 Å². The van der Waals surface area contributed by atoms with Crippen molar-refractivity contribution in [1.82, 2.24) is 4.57 Å². The van der Waals surface area contributed by atoms with Crippen LogP contribution in [0.2, 0.25) is 0 Å². The van der Waals surface area contributed by atoms with Gasteiger partial charge in [0, 0.05) is 16.3 Å². The minimum atomic E-state index is -3.01. The molecule has 0 N–H and O–H groups in total. The first kappa shape index (κ1) is 29.0. The molecule has 0 aliphatic heterocycles. The zero-order valence-corrected chi connectivity index (χ0v) is 27.1. The molecule has 48 heavy (non-hydrogen) atoms. The molecule has 0 spiro atoms. The highest BCUT2D eigenvalue weighted by atomic mass is 28.3. The first-order chi connectivity index (χ1) is 23.7. The summed E-state index contributed by atoms with van der Waals surface area (Å²) < 4.78 is 2.31. The summed E-state index contributed by atoms with van der Waals surface area (Å²) in [5, 5.41) is 27.7. The van der Waals surface area contributed by atoms with Crippen LogP contribution in [0, 0.1) is 22.7 Å². The smallest absolute Gasteiger partial charge is 0.180 e. The zero-order chi connectivity index (χ0) is 32.5. The summed E-state index contributed by atoms with van der Waals surface area (Å²) in [5.41, 5.74) is 6.12. The fraction of sp³-hybridized carbons (Fsp3) is 0. The Bertz CT molecular complexity index is 2370. The number of para-hydroxylation sites is 2. The summed E-state index contributed by atoms with van der Waals surface area (Å²) in [7, 11) is -3.01. The van der Waals surface area contributed by atoms with Gasteiger partial charge in [0.25, 0.3) is 0 Å². The van der Waals surface area contributed by atoms with Gasteiger partial charge in [0.15, 0.2) is 8.07 Å². The lowest BCUT2D eigenvalue weighted by Crippen LogP contribution is -2.75. The molecular weight excluding hydrogens is 599 g/mol. The summed E-state index contributed by atoms with van der Waals surface area (Å²) in [6, 6.07) is 66.2. The second-order valence-corrected chi connectivity index (χ2v) is 15.7. The predicted octanol–water partition coefficient (Wildman–Crippen LogP) is 7.57. The SMILES string of the molecule is N#Cc1ccc(-n2c3ccccc3c3ccccc32)c(-c2cc(C#N)ccc2[Si](c2ccccc2)(c2ccccc2)c2ccccc2)c1. The van der Waals surface area contributed by atoms with Crippen LogP contribution in [0.5, 0.6) is 0 Å². The van der Waals surface area contributed by atoms with Gasteiger partial charge in [0.1, 0.15) is 0 Å². The van der Waals surface area contributed by atoms with Crippen LogP contribution >= 0.6 is 0 Å². The molecule has 0 saturated heterocycles. The fourth-order valence-corrected chi connectivity index (χ4v) is 12.3. The van der Waals surface area contributed by atoms with Gasteiger partial charge in [-0.25, -0.2) is 0 Å². The molecule has 0 saturated carbocycles. The molecule has 8 rings (SSSR count). The number of hydrogen-bond acceptors (Lipinski definition) is 2. The number of nitrogens with zero attached hydrogens (tertiary/aromatic N) is 3. The number of benzene rings is 7. The number of hydrogen-bond donors (Lipinski definition) is 0. The fourth-order valence-electron chi connectivity index (χ4n) is 7.39.